The molecule has 0 heterocycles. The molecule has 0 aromatic rings. The number of rotatable bonds is 5. The van der Waals surface area contributed by atoms with E-state index in [9.17, 15) is 9.90 Å². The van der Waals surface area contributed by atoms with Crippen molar-refractivity contribution in [3.63, 3.8) is 0 Å². The molecule has 80 valence electrons. The van der Waals surface area contributed by atoms with Gasteiger partial charge in [-0.2, -0.15) is 0 Å². The zero-order valence-electron chi connectivity index (χ0n) is 8.15. The maximum absolute atomic E-state index is 10.1. The van der Waals surface area contributed by atoms with Gasteiger partial charge < -0.3 is 15.5 Å². The van der Waals surface area contributed by atoms with Crippen LogP contribution < -0.4 is 5.32 Å². The average Bonchev–Trinajstić information content (AvgIpc) is 2.51. The van der Waals surface area contributed by atoms with E-state index in [1.54, 1.807) is 6.08 Å². The molecular formula is C10H17NO3. The third-order valence-corrected chi connectivity index (χ3v) is 2.55. The van der Waals surface area contributed by atoms with Crippen LogP contribution in [0.5, 0.6) is 0 Å². The van der Waals surface area contributed by atoms with Gasteiger partial charge in [-0.1, -0.05) is 12.5 Å². The number of aliphatic hydroxyl groups is 1. The molecule has 0 radical (unpaired) electrons. The Kier molecular flexibility index (Phi) is 4.62. The van der Waals surface area contributed by atoms with E-state index in [1.807, 2.05) is 0 Å². The normalized spacial score (nSPS) is 27.2. The molecule has 2 unspecified atom stereocenters. The van der Waals surface area contributed by atoms with Crippen molar-refractivity contribution in [1.29, 1.82) is 0 Å². The first-order chi connectivity index (χ1) is 6.70. The van der Waals surface area contributed by atoms with Crippen molar-refractivity contribution < 1.29 is 15.0 Å². The minimum absolute atomic E-state index is 0.175. The maximum Gasteiger partial charge on any atom is 0.328 e. The molecule has 0 saturated heterocycles. The minimum atomic E-state index is -0.923. The largest absolute Gasteiger partial charge is 0.478 e. The first kappa shape index (κ1) is 11.2. The van der Waals surface area contributed by atoms with Crippen LogP contribution in [0.4, 0.5) is 0 Å². The molecule has 1 aliphatic carbocycles. The molecule has 4 heteroatoms. The summed E-state index contributed by atoms with van der Waals surface area (Å²) in [5.74, 6) is -0.582. The Morgan fingerprint density at radius 3 is 2.86 bits per heavy atom. The Labute approximate surface area is 83.6 Å². The van der Waals surface area contributed by atoms with Crippen molar-refractivity contribution in [2.75, 3.05) is 13.1 Å². The number of hydrogen-bond donors (Lipinski definition) is 3. The summed E-state index contributed by atoms with van der Waals surface area (Å²) in [7, 11) is 0. The monoisotopic (exact) mass is 199 g/mol. The predicted molar refractivity (Wildman–Crippen MR) is 53.0 cm³/mol. The van der Waals surface area contributed by atoms with Gasteiger partial charge in [0.1, 0.15) is 0 Å². The van der Waals surface area contributed by atoms with E-state index in [0.29, 0.717) is 12.5 Å². The molecule has 3 N–H and O–H groups in total. The van der Waals surface area contributed by atoms with Gasteiger partial charge >= 0.3 is 5.97 Å². The van der Waals surface area contributed by atoms with Crippen molar-refractivity contribution in [2.45, 2.75) is 25.4 Å². The molecule has 1 rings (SSSR count). The van der Waals surface area contributed by atoms with Gasteiger partial charge in [0, 0.05) is 19.2 Å². The lowest BCUT2D eigenvalue weighted by Gasteiger charge is -2.13. The lowest BCUT2D eigenvalue weighted by molar-refractivity contribution is -0.131. The highest BCUT2D eigenvalue weighted by molar-refractivity contribution is 5.79. The van der Waals surface area contributed by atoms with Gasteiger partial charge in [0.2, 0.25) is 0 Å². The smallest absolute Gasteiger partial charge is 0.328 e. The van der Waals surface area contributed by atoms with E-state index in [-0.39, 0.29) is 6.10 Å². The summed E-state index contributed by atoms with van der Waals surface area (Å²) in [6.07, 6.45) is 5.58. The SMILES string of the molecule is O=C(O)/C=C/CNCC1CCCC1O. The highest BCUT2D eigenvalue weighted by atomic mass is 16.4. The van der Waals surface area contributed by atoms with Crippen LogP contribution in [0.15, 0.2) is 12.2 Å². The molecule has 2 atom stereocenters. The van der Waals surface area contributed by atoms with Gasteiger partial charge in [-0.05, 0) is 18.8 Å². The Balaban J connectivity index is 2.06. The number of aliphatic hydroxyl groups excluding tert-OH is 1. The predicted octanol–water partition coefficient (Wildman–Crippen LogP) is 0.378. The van der Waals surface area contributed by atoms with E-state index in [1.165, 1.54) is 0 Å². The first-order valence-corrected chi connectivity index (χ1v) is 4.98. The number of hydrogen-bond acceptors (Lipinski definition) is 3. The molecule has 0 aromatic carbocycles. The topological polar surface area (TPSA) is 69.6 Å². The fourth-order valence-corrected chi connectivity index (χ4v) is 1.77. The van der Waals surface area contributed by atoms with E-state index in [4.69, 9.17) is 5.11 Å². The Hall–Kier alpha value is -0.870. The highest BCUT2D eigenvalue weighted by Gasteiger charge is 2.24. The summed E-state index contributed by atoms with van der Waals surface area (Å²) < 4.78 is 0. The molecule has 0 aromatic heterocycles. The molecule has 1 saturated carbocycles. The van der Waals surface area contributed by atoms with Crippen molar-refractivity contribution >= 4 is 5.97 Å². The lowest BCUT2D eigenvalue weighted by atomic mass is 10.1. The van der Waals surface area contributed by atoms with Crippen LogP contribution in [0.25, 0.3) is 0 Å². The molecule has 1 aliphatic rings. The van der Waals surface area contributed by atoms with E-state index in [2.05, 4.69) is 5.32 Å². The van der Waals surface area contributed by atoms with Crippen LogP contribution in [0, 0.1) is 5.92 Å². The second kappa shape index (κ2) is 5.78. The summed E-state index contributed by atoms with van der Waals surface area (Å²) in [6.45, 7) is 1.32. The third-order valence-electron chi connectivity index (χ3n) is 2.55. The second-order valence-electron chi connectivity index (χ2n) is 3.66. The lowest BCUT2D eigenvalue weighted by Crippen LogP contribution is -2.27. The van der Waals surface area contributed by atoms with Gasteiger partial charge in [0.05, 0.1) is 6.10 Å². The number of carboxylic acids is 1. The summed E-state index contributed by atoms with van der Waals surface area (Å²) >= 11 is 0. The number of carbonyl (C=O) groups is 1. The highest BCUT2D eigenvalue weighted by Crippen LogP contribution is 2.24. The summed E-state index contributed by atoms with van der Waals surface area (Å²) in [4.78, 5) is 10.1. The zero-order valence-corrected chi connectivity index (χ0v) is 8.15. The molecule has 0 bridgehead atoms. The van der Waals surface area contributed by atoms with Crippen LogP contribution in [0.3, 0.4) is 0 Å². The maximum atomic E-state index is 10.1. The average molecular weight is 199 g/mol. The summed E-state index contributed by atoms with van der Waals surface area (Å²) in [5.41, 5.74) is 0. The quantitative estimate of drug-likeness (QED) is 0.442. The van der Waals surface area contributed by atoms with Gasteiger partial charge in [-0.15, -0.1) is 0 Å². The van der Waals surface area contributed by atoms with Gasteiger partial charge in [-0.25, -0.2) is 4.79 Å². The van der Waals surface area contributed by atoms with E-state index >= 15 is 0 Å². The molecular weight excluding hydrogens is 182 g/mol. The summed E-state index contributed by atoms with van der Waals surface area (Å²) in [5, 5.41) is 20.9. The van der Waals surface area contributed by atoms with E-state index < -0.39 is 5.97 Å². The van der Waals surface area contributed by atoms with Crippen molar-refractivity contribution in [3.8, 4) is 0 Å². The third kappa shape index (κ3) is 3.89. The van der Waals surface area contributed by atoms with E-state index in [0.717, 1.165) is 31.9 Å². The molecule has 1 fully saturated rings. The van der Waals surface area contributed by atoms with Crippen LogP contribution in [0.2, 0.25) is 0 Å². The Morgan fingerprint density at radius 2 is 2.29 bits per heavy atom. The number of aliphatic carboxylic acids is 1. The second-order valence-corrected chi connectivity index (χ2v) is 3.66. The van der Waals surface area contributed by atoms with Crippen molar-refractivity contribution in [1.82, 2.24) is 5.32 Å². The van der Waals surface area contributed by atoms with Gasteiger partial charge in [0.25, 0.3) is 0 Å². The van der Waals surface area contributed by atoms with Crippen LogP contribution in [-0.4, -0.2) is 35.4 Å². The van der Waals surface area contributed by atoms with Crippen LogP contribution >= 0.6 is 0 Å². The van der Waals surface area contributed by atoms with Crippen molar-refractivity contribution in [2.24, 2.45) is 5.92 Å². The Bertz CT molecular complexity index is 215. The first-order valence-electron chi connectivity index (χ1n) is 4.98. The van der Waals surface area contributed by atoms with Gasteiger partial charge in [-0.3, -0.25) is 0 Å². The fraction of sp³-hybridized carbons (Fsp3) is 0.700. The molecule has 4 nitrogen and oxygen atoms in total. The summed E-state index contributed by atoms with van der Waals surface area (Å²) in [6, 6.07) is 0. The van der Waals surface area contributed by atoms with Crippen molar-refractivity contribution in [3.05, 3.63) is 12.2 Å². The van der Waals surface area contributed by atoms with Crippen LogP contribution in [-0.2, 0) is 4.79 Å². The number of carboxylic acid groups (broad SMARTS) is 1. The molecule has 0 amide bonds. The van der Waals surface area contributed by atoms with Gasteiger partial charge in [0.15, 0.2) is 0 Å². The molecule has 0 aliphatic heterocycles. The molecule has 14 heavy (non-hydrogen) atoms. The molecule has 0 spiro atoms. The fourth-order valence-electron chi connectivity index (χ4n) is 1.77. The van der Waals surface area contributed by atoms with Crippen LogP contribution in [0.1, 0.15) is 19.3 Å². The zero-order chi connectivity index (χ0) is 10.4. The minimum Gasteiger partial charge on any atom is -0.478 e. The number of nitrogens with one attached hydrogen (secondary N) is 1. The Morgan fingerprint density at radius 1 is 1.50 bits per heavy atom. The standard InChI is InChI=1S/C10H17NO3/c12-9-4-1-3-8(9)7-11-6-2-5-10(13)14/h2,5,8-9,11-12H,1,3-4,6-7H2,(H,13,14)/b5-2+.